The smallest absolute Gasteiger partial charge is 0.142 e. The van der Waals surface area contributed by atoms with Gasteiger partial charge in [-0.05, 0) is 32.0 Å². The molecule has 0 atom stereocenters. The Labute approximate surface area is 94.6 Å². The van der Waals surface area contributed by atoms with E-state index >= 15 is 0 Å². The minimum atomic E-state index is -0.655. The molecule has 0 saturated carbocycles. The molecule has 0 aliphatic rings. The van der Waals surface area contributed by atoms with Gasteiger partial charge in [-0.2, -0.15) is 5.26 Å². The Morgan fingerprint density at radius 1 is 1.47 bits per heavy atom. The van der Waals surface area contributed by atoms with Crippen molar-refractivity contribution in [1.82, 2.24) is 0 Å². The molecular formula is C11H13ClN2O. The van der Waals surface area contributed by atoms with Crippen molar-refractivity contribution in [2.45, 2.75) is 19.4 Å². The van der Waals surface area contributed by atoms with Crippen LogP contribution in [0.2, 0.25) is 5.02 Å². The topological polar surface area (TPSA) is 45.0 Å². The highest BCUT2D eigenvalue weighted by molar-refractivity contribution is 6.30. The molecule has 0 aromatic heterocycles. The van der Waals surface area contributed by atoms with Crippen LogP contribution in [0.15, 0.2) is 18.2 Å². The second-order valence-electron chi connectivity index (χ2n) is 3.71. The van der Waals surface area contributed by atoms with Crippen molar-refractivity contribution >= 4 is 17.3 Å². The Balaban J connectivity index is 3.03. The highest BCUT2D eigenvalue weighted by Gasteiger charge is 2.18. The number of nitrogens with zero attached hydrogens (tertiary/aromatic N) is 1. The van der Waals surface area contributed by atoms with Crippen LogP contribution in [0.5, 0.6) is 5.75 Å². The lowest BCUT2D eigenvalue weighted by Crippen LogP contribution is -2.28. The van der Waals surface area contributed by atoms with Gasteiger partial charge in [0.2, 0.25) is 0 Å². The number of nitriles is 1. The van der Waals surface area contributed by atoms with Crippen LogP contribution in [-0.4, -0.2) is 12.6 Å². The zero-order chi connectivity index (χ0) is 11.5. The molecule has 0 radical (unpaired) electrons. The van der Waals surface area contributed by atoms with E-state index in [1.54, 1.807) is 39.2 Å². The first kappa shape index (κ1) is 11.7. The molecule has 0 bridgehead atoms. The Morgan fingerprint density at radius 3 is 2.67 bits per heavy atom. The number of benzene rings is 1. The summed E-state index contributed by atoms with van der Waals surface area (Å²) in [5, 5.41) is 12.6. The largest absolute Gasteiger partial charge is 0.495 e. The van der Waals surface area contributed by atoms with Gasteiger partial charge in [-0.1, -0.05) is 11.6 Å². The Kier molecular flexibility index (Phi) is 3.43. The molecule has 4 heteroatoms. The van der Waals surface area contributed by atoms with E-state index in [1.807, 2.05) is 0 Å². The Morgan fingerprint density at radius 2 is 2.13 bits per heavy atom. The summed E-state index contributed by atoms with van der Waals surface area (Å²) in [5.41, 5.74) is 0.0642. The standard InChI is InChI=1S/C11H13ClN2O/c1-11(2,7-13)14-9-6-8(12)4-5-10(9)15-3/h4-6,14H,1-3H3. The monoisotopic (exact) mass is 224 g/mol. The summed E-state index contributed by atoms with van der Waals surface area (Å²) in [6.45, 7) is 3.57. The number of anilines is 1. The fourth-order valence-electron chi connectivity index (χ4n) is 1.14. The number of halogens is 1. The van der Waals surface area contributed by atoms with E-state index in [0.29, 0.717) is 10.8 Å². The normalized spacial score (nSPS) is 10.6. The molecule has 1 aromatic rings. The molecule has 0 aliphatic heterocycles. The van der Waals surface area contributed by atoms with Gasteiger partial charge in [0.05, 0.1) is 18.9 Å². The maximum absolute atomic E-state index is 8.90. The van der Waals surface area contributed by atoms with Gasteiger partial charge in [0, 0.05) is 5.02 Å². The number of hydrogen-bond donors (Lipinski definition) is 1. The predicted octanol–water partition coefficient (Wildman–Crippen LogP) is 3.06. The van der Waals surface area contributed by atoms with E-state index < -0.39 is 5.54 Å². The van der Waals surface area contributed by atoms with Crippen molar-refractivity contribution in [3.63, 3.8) is 0 Å². The third-order valence-electron chi connectivity index (χ3n) is 1.89. The maximum Gasteiger partial charge on any atom is 0.142 e. The van der Waals surface area contributed by atoms with Crippen LogP contribution in [0, 0.1) is 11.3 Å². The van der Waals surface area contributed by atoms with Crippen LogP contribution in [0.3, 0.4) is 0 Å². The molecule has 0 heterocycles. The summed E-state index contributed by atoms with van der Waals surface area (Å²) in [5.74, 6) is 0.669. The van der Waals surface area contributed by atoms with E-state index in [9.17, 15) is 0 Å². The molecule has 15 heavy (non-hydrogen) atoms. The van der Waals surface area contributed by atoms with Gasteiger partial charge >= 0.3 is 0 Å². The van der Waals surface area contributed by atoms with Gasteiger partial charge in [0.1, 0.15) is 11.3 Å². The lowest BCUT2D eigenvalue weighted by molar-refractivity contribution is 0.415. The van der Waals surface area contributed by atoms with Gasteiger partial charge in [-0.15, -0.1) is 0 Å². The fraction of sp³-hybridized carbons (Fsp3) is 0.364. The van der Waals surface area contributed by atoms with Gasteiger partial charge in [0.15, 0.2) is 0 Å². The lowest BCUT2D eigenvalue weighted by Gasteiger charge is -2.21. The van der Waals surface area contributed by atoms with Crippen LogP contribution in [0.1, 0.15) is 13.8 Å². The molecule has 1 aromatic carbocycles. The van der Waals surface area contributed by atoms with Crippen molar-refractivity contribution in [1.29, 1.82) is 5.26 Å². The van der Waals surface area contributed by atoms with E-state index in [1.165, 1.54) is 0 Å². The maximum atomic E-state index is 8.90. The average Bonchev–Trinajstić information content (AvgIpc) is 2.18. The average molecular weight is 225 g/mol. The molecule has 0 spiro atoms. The van der Waals surface area contributed by atoms with E-state index in [4.69, 9.17) is 21.6 Å². The summed E-state index contributed by atoms with van der Waals surface area (Å²) < 4.78 is 5.16. The second kappa shape index (κ2) is 4.41. The first-order valence-electron chi connectivity index (χ1n) is 4.51. The summed E-state index contributed by atoms with van der Waals surface area (Å²) in [7, 11) is 1.58. The van der Waals surface area contributed by atoms with Crippen molar-refractivity contribution < 1.29 is 4.74 Å². The number of hydrogen-bond acceptors (Lipinski definition) is 3. The zero-order valence-corrected chi connectivity index (χ0v) is 9.72. The lowest BCUT2D eigenvalue weighted by atomic mass is 10.1. The zero-order valence-electron chi connectivity index (χ0n) is 8.97. The number of methoxy groups -OCH3 is 1. The first-order chi connectivity index (χ1) is 6.98. The first-order valence-corrected chi connectivity index (χ1v) is 4.89. The van der Waals surface area contributed by atoms with E-state index in [-0.39, 0.29) is 0 Å². The summed E-state index contributed by atoms with van der Waals surface area (Å²) in [6.07, 6.45) is 0. The molecule has 0 unspecified atom stereocenters. The third-order valence-corrected chi connectivity index (χ3v) is 2.12. The third kappa shape index (κ3) is 3.03. The van der Waals surface area contributed by atoms with Crippen LogP contribution in [0.25, 0.3) is 0 Å². The molecule has 0 amide bonds. The highest BCUT2D eigenvalue weighted by Crippen LogP contribution is 2.29. The quantitative estimate of drug-likeness (QED) is 0.858. The molecular weight excluding hydrogens is 212 g/mol. The Hall–Kier alpha value is -1.40. The summed E-state index contributed by atoms with van der Waals surface area (Å²) in [4.78, 5) is 0. The SMILES string of the molecule is COc1ccc(Cl)cc1NC(C)(C)C#N. The molecule has 80 valence electrons. The van der Waals surface area contributed by atoms with Crippen LogP contribution < -0.4 is 10.1 Å². The molecule has 0 aliphatic carbocycles. The molecule has 0 saturated heterocycles. The molecule has 1 rings (SSSR count). The van der Waals surface area contributed by atoms with E-state index in [0.717, 1.165) is 5.69 Å². The predicted molar refractivity (Wildman–Crippen MR) is 61.3 cm³/mol. The molecule has 3 nitrogen and oxygen atoms in total. The molecule has 1 N–H and O–H groups in total. The fourth-order valence-corrected chi connectivity index (χ4v) is 1.31. The number of nitrogens with one attached hydrogen (secondary N) is 1. The van der Waals surface area contributed by atoms with Crippen LogP contribution in [-0.2, 0) is 0 Å². The minimum Gasteiger partial charge on any atom is -0.495 e. The van der Waals surface area contributed by atoms with Gasteiger partial charge in [0.25, 0.3) is 0 Å². The van der Waals surface area contributed by atoms with Crippen molar-refractivity contribution in [2.75, 3.05) is 12.4 Å². The van der Waals surface area contributed by atoms with Crippen molar-refractivity contribution in [3.8, 4) is 11.8 Å². The van der Waals surface area contributed by atoms with Crippen LogP contribution in [0.4, 0.5) is 5.69 Å². The minimum absolute atomic E-state index is 0.604. The number of ether oxygens (including phenoxy) is 1. The van der Waals surface area contributed by atoms with Crippen molar-refractivity contribution in [3.05, 3.63) is 23.2 Å². The van der Waals surface area contributed by atoms with Crippen LogP contribution >= 0.6 is 11.6 Å². The van der Waals surface area contributed by atoms with Gasteiger partial charge in [-0.25, -0.2) is 0 Å². The highest BCUT2D eigenvalue weighted by atomic mass is 35.5. The van der Waals surface area contributed by atoms with Crippen molar-refractivity contribution in [2.24, 2.45) is 0 Å². The second-order valence-corrected chi connectivity index (χ2v) is 4.14. The van der Waals surface area contributed by atoms with Gasteiger partial charge < -0.3 is 10.1 Å². The van der Waals surface area contributed by atoms with E-state index in [2.05, 4.69) is 11.4 Å². The number of rotatable bonds is 3. The van der Waals surface area contributed by atoms with Gasteiger partial charge in [-0.3, -0.25) is 0 Å². The summed E-state index contributed by atoms with van der Waals surface area (Å²) >= 11 is 5.87. The molecule has 0 fully saturated rings. The Bertz CT molecular complexity index is 396. The summed E-state index contributed by atoms with van der Waals surface area (Å²) in [6, 6.07) is 7.39.